The topological polar surface area (TPSA) is 252 Å². The van der Waals surface area contributed by atoms with E-state index >= 15 is 0 Å². The predicted molar refractivity (Wildman–Crippen MR) is 195 cm³/mol. The van der Waals surface area contributed by atoms with E-state index in [0.29, 0.717) is 35.1 Å². The third-order valence-corrected chi connectivity index (χ3v) is 10.5. The van der Waals surface area contributed by atoms with Crippen molar-refractivity contribution in [2.75, 3.05) is 13.2 Å². The summed E-state index contributed by atoms with van der Waals surface area (Å²) in [5, 5.41) is 68.1. The van der Waals surface area contributed by atoms with Crippen LogP contribution in [0.3, 0.4) is 0 Å². The molecule has 0 saturated carbocycles. The second-order valence-corrected chi connectivity index (χ2v) is 14.4. The van der Waals surface area contributed by atoms with Gasteiger partial charge in [0.2, 0.25) is 24.4 Å². The Kier molecular flexibility index (Phi) is 11.7. The minimum Gasteiger partial charge on any atom is -0.462 e. The second-order valence-electron chi connectivity index (χ2n) is 14.4. The molecule has 0 bridgehead atoms. The van der Waals surface area contributed by atoms with Gasteiger partial charge in [0.1, 0.15) is 71.7 Å². The average Bonchev–Trinajstić information content (AvgIpc) is 3.49. The number of carbonyl (C=O) groups excluding carboxylic acids is 3. The van der Waals surface area contributed by atoms with Gasteiger partial charge < -0.3 is 69.7 Å². The Morgan fingerprint density at radius 2 is 1.16 bits per heavy atom. The molecule has 3 aromatic rings. The fraction of sp³-hybridized carbons (Fsp3) is 0.475. The maximum absolute atomic E-state index is 13.4. The van der Waals surface area contributed by atoms with Crippen LogP contribution in [0.1, 0.15) is 66.6 Å². The summed E-state index contributed by atoms with van der Waals surface area (Å²) < 4.78 is 36.7. The van der Waals surface area contributed by atoms with Crippen molar-refractivity contribution in [1.29, 1.82) is 0 Å². The Balaban J connectivity index is 1.25. The van der Waals surface area contributed by atoms with Crippen molar-refractivity contribution < 1.29 is 73.4 Å². The number of ether oxygens (including phenoxy) is 6. The Morgan fingerprint density at radius 3 is 1.61 bits per heavy atom. The molecule has 11 atom stereocenters. The van der Waals surface area contributed by atoms with E-state index in [-0.39, 0.29) is 35.8 Å². The third kappa shape index (κ3) is 7.41. The maximum Gasteiger partial charge on any atom is 0.340 e. The number of fused-ring (bicyclic) bond motifs is 6. The van der Waals surface area contributed by atoms with Crippen molar-refractivity contribution in [3.05, 3.63) is 82.9 Å². The zero-order chi connectivity index (χ0) is 40.6. The molecule has 3 aromatic carbocycles. The summed E-state index contributed by atoms with van der Waals surface area (Å²) in [5.41, 5.74) is 0.177. The monoisotopic (exact) mass is 794 g/mol. The normalized spacial score (nSPS) is 31.3. The van der Waals surface area contributed by atoms with Gasteiger partial charge in [0, 0.05) is 41.7 Å². The molecule has 2 saturated heterocycles. The van der Waals surface area contributed by atoms with E-state index in [0.717, 1.165) is 0 Å². The zero-order valence-corrected chi connectivity index (χ0v) is 31.1. The van der Waals surface area contributed by atoms with Crippen LogP contribution in [0.15, 0.2) is 60.7 Å². The summed E-state index contributed by atoms with van der Waals surface area (Å²) in [6.45, 7) is 2.32. The number of aliphatic hydroxyl groups is 6. The molecule has 57 heavy (non-hydrogen) atoms. The molecule has 17 heteroatoms. The van der Waals surface area contributed by atoms with Crippen LogP contribution >= 0.6 is 0 Å². The van der Waals surface area contributed by atoms with Crippen molar-refractivity contribution in [3.8, 4) is 23.0 Å². The number of hydrogen-bond acceptors (Lipinski definition) is 15. The van der Waals surface area contributed by atoms with Crippen molar-refractivity contribution in [2.24, 2.45) is 0 Å². The molecular formula is C40H46N2O15. The number of nitrogens with one attached hydrogen (secondary N) is 2. The van der Waals surface area contributed by atoms with Crippen molar-refractivity contribution in [3.63, 3.8) is 0 Å². The van der Waals surface area contributed by atoms with Crippen LogP contribution in [0.5, 0.6) is 23.0 Å². The van der Waals surface area contributed by atoms with E-state index in [2.05, 4.69) is 10.6 Å². The molecule has 8 N–H and O–H groups in total. The van der Waals surface area contributed by atoms with Gasteiger partial charge in [-0.3, -0.25) is 9.59 Å². The fourth-order valence-corrected chi connectivity index (χ4v) is 7.69. The van der Waals surface area contributed by atoms with Crippen LogP contribution in [-0.2, 0) is 29.4 Å². The van der Waals surface area contributed by atoms with Crippen LogP contribution in [0.2, 0.25) is 0 Å². The summed E-state index contributed by atoms with van der Waals surface area (Å²) in [4.78, 5) is 38.7. The van der Waals surface area contributed by atoms with Crippen LogP contribution in [0, 0.1) is 0 Å². The van der Waals surface area contributed by atoms with Gasteiger partial charge in [-0.15, -0.1) is 0 Å². The number of aliphatic hydroxyl groups excluding tert-OH is 6. The summed E-state index contributed by atoms with van der Waals surface area (Å²) in [6, 6.07) is 13.8. The highest BCUT2D eigenvalue weighted by atomic mass is 16.7. The SMILES string of the molecule is CCCC(=O)NC1C(O)C(O)[C@@H](CO)O[C@H]1Oc1ccc2c(c1)Oc1cc(O[C@@H]3OC(CO)C(O)C(O)[C@@H]3NC(=O)CCC)ccc1C21OC(=O)c2ccccc21. The van der Waals surface area contributed by atoms with Crippen LogP contribution in [-0.4, -0.2) is 123 Å². The van der Waals surface area contributed by atoms with E-state index in [4.69, 9.17) is 28.4 Å². The first-order valence-electron chi connectivity index (χ1n) is 18.9. The minimum absolute atomic E-state index is 0.126. The van der Waals surface area contributed by atoms with Gasteiger partial charge in [0.25, 0.3) is 0 Å². The number of benzene rings is 3. The third-order valence-electron chi connectivity index (χ3n) is 10.5. The van der Waals surface area contributed by atoms with Crippen LogP contribution in [0.4, 0.5) is 0 Å². The van der Waals surface area contributed by atoms with E-state index in [1.165, 1.54) is 12.1 Å². The number of carbonyl (C=O) groups is 3. The molecule has 0 aromatic heterocycles. The summed E-state index contributed by atoms with van der Waals surface area (Å²) in [7, 11) is 0. The molecule has 306 valence electrons. The van der Waals surface area contributed by atoms with Crippen molar-refractivity contribution in [2.45, 2.75) is 106 Å². The fourth-order valence-electron chi connectivity index (χ4n) is 7.69. The van der Waals surface area contributed by atoms with Gasteiger partial charge >= 0.3 is 5.97 Å². The Bertz CT molecular complexity index is 1870. The molecule has 0 aliphatic carbocycles. The molecular weight excluding hydrogens is 748 g/mol. The lowest BCUT2D eigenvalue weighted by Gasteiger charge is -2.42. The quantitative estimate of drug-likeness (QED) is 0.116. The summed E-state index contributed by atoms with van der Waals surface area (Å²) in [5.74, 6) is -0.820. The highest BCUT2D eigenvalue weighted by Crippen LogP contribution is 2.57. The smallest absolute Gasteiger partial charge is 0.340 e. The lowest BCUT2D eigenvalue weighted by Crippen LogP contribution is -2.65. The van der Waals surface area contributed by atoms with Gasteiger partial charge in [0.05, 0.1) is 18.8 Å². The molecule has 17 nitrogen and oxygen atoms in total. The first-order chi connectivity index (χ1) is 27.4. The molecule has 7 rings (SSSR count). The lowest BCUT2D eigenvalue weighted by molar-refractivity contribution is -0.244. The number of rotatable bonds is 12. The standard InChI is InChI=1S/C40H46N2O15/c1-3-7-29(45)41-31-35(49)33(47)27(17-43)55-38(31)52-19-11-13-23-25(15-19)54-26-16-20(12-14-24(26)40(23)22-10-6-5-9-21(22)37(51)57-40)53-39-32(42-30(46)8-4-2)36(50)34(48)28(18-44)56-39/h5-6,9-16,27-28,31-36,38-39,43-44,47-50H,3-4,7-8,17-18H2,1-2H3,(H,41,45)(H,42,46)/t27-,28?,31?,32+,33?,34?,35?,36?,38-,39-,40?/m1/s1. The number of amides is 2. The molecule has 4 aliphatic heterocycles. The van der Waals surface area contributed by atoms with Gasteiger partial charge in [-0.25, -0.2) is 4.79 Å². The Morgan fingerprint density at radius 1 is 0.684 bits per heavy atom. The van der Waals surface area contributed by atoms with Gasteiger partial charge in [0.15, 0.2) is 5.60 Å². The van der Waals surface area contributed by atoms with Crippen LogP contribution in [0.25, 0.3) is 0 Å². The van der Waals surface area contributed by atoms with E-state index < -0.39 is 97.9 Å². The molecule has 2 fully saturated rings. The second kappa shape index (κ2) is 16.6. The molecule has 4 aliphatic rings. The number of hydrogen-bond donors (Lipinski definition) is 8. The number of esters is 1. The molecule has 4 heterocycles. The molecule has 0 radical (unpaired) electrons. The van der Waals surface area contributed by atoms with E-state index in [1.54, 1.807) is 48.5 Å². The van der Waals surface area contributed by atoms with Gasteiger partial charge in [-0.2, -0.15) is 0 Å². The Labute approximate surface area is 327 Å². The highest BCUT2D eigenvalue weighted by Gasteiger charge is 2.54. The molecule has 1 spiro atoms. The van der Waals surface area contributed by atoms with Gasteiger partial charge in [-0.1, -0.05) is 32.0 Å². The zero-order valence-electron chi connectivity index (χ0n) is 31.1. The molecule has 7 unspecified atom stereocenters. The minimum atomic E-state index is -1.55. The first kappa shape index (κ1) is 40.4. The summed E-state index contributed by atoms with van der Waals surface area (Å²) in [6.07, 6.45) is -10.0. The van der Waals surface area contributed by atoms with E-state index in [1.807, 2.05) is 13.8 Å². The largest absolute Gasteiger partial charge is 0.462 e. The lowest BCUT2D eigenvalue weighted by atomic mass is 9.77. The average molecular weight is 795 g/mol. The summed E-state index contributed by atoms with van der Waals surface area (Å²) >= 11 is 0. The predicted octanol–water partition coefficient (Wildman–Crippen LogP) is 0.460. The maximum atomic E-state index is 13.4. The Hall–Kier alpha value is -4.85. The van der Waals surface area contributed by atoms with Crippen molar-refractivity contribution >= 4 is 17.8 Å². The molecule has 2 amide bonds. The van der Waals surface area contributed by atoms with Gasteiger partial charge in [-0.05, 0) is 43.2 Å². The van der Waals surface area contributed by atoms with E-state index in [9.17, 15) is 45.0 Å². The van der Waals surface area contributed by atoms with Crippen molar-refractivity contribution in [1.82, 2.24) is 10.6 Å². The first-order valence-corrected chi connectivity index (χ1v) is 18.9. The van der Waals surface area contributed by atoms with Crippen LogP contribution < -0.4 is 24.8 Å². The highest BCUT2D eigenvalue weighted by molar-refractivity contribution is 5.97.